The Balaban J connectivity index is 1.64. The summed E-state index contributed by atoms with van der Waals surface area (Å²) >= 11 is 6.28. The monoisotopic (exact) mass is 438 g/mol. The predicted octanol–water partition coefficient (Wildman–Crippen LogP) is 4.94. The third-order valence-corrected chi connectivity index (χ3v) is 5.51. The fraction of sp³-hybridized carbons (Fsp3) is 0.250. The van der Waals surface area contributed by atoms with E-state index in [0.29, 0.717) is 10.8 Å². The van der Waals surface area contributed by atoms with Crippen LogP contribution in [-0.4, -0.2) is 30.3 Å². The first-order valence-electron chi connectivity index (χ1n) is 9.96. The number of methoxy groups -OCH3 is 1. The third kappa shape index (κ3) is 5.27. The Kier molecular flexibility index (Phi) is 7.02. The van der Waals surface area contributed by atoms with Crippen LogP contribution < -0.4 is 15.5 Å². The van der Waals surface area contributed by atoms with Gasteiger partial charge in [-0.3, -0.25) is 4.79 Å². The molecule has 0 unspecified atom stereocenters. The second kappa shape index (κ2) is 9.71. The molecule has 3 rings (SSSR count). The highest BCUT2D eigenvalue weighted by Crippen LogP contribution is 2.28. The molecular formula is C24H27ClN4O2. The second-order valence-corrected chi connectivity index (χ2v) is 7.83. The zero-order valence-electron chi connectivity index (χ0n) is 18.4. The Labute approximate surface area is 187 Å². The molecule has 1 heterocycles. The van der Waals surface area contributed by atoms with Crippen molar-refractivity contribution in [3.63, 3.8) is 0 Å². The molecule has 1 amide bonds. The van der Waals surface area contributed by atoms with Gasteiger partial charge in [-0.15, -0.1) is 0 Å². The summed E-state index contributed by atoms with van der Waals surface area (Å²) in [6, 6.07) is 13.7. The smallest absolute Gasteiger partial charge is 0.259 e. The number of ether oxygens (including phenoxy) is 1. The molecule has 7 heteroatoms. The zero-order chi connectivity index (χ0) is 22.5. The maximum atomic E-state index is 12.1. The van der Waals surface area contributed by atoms with Crippen LogP contribution in [0.3, 0.4) is 0 Å². The fourth-order valence-electron chi connectivity index (χ4n) is 3.36. The van der Waals surface area contributed by atoms with Crippen molar-refractivity contribution < 1.29 is 9.53 Å². The van der Waals surface area contributed by atoms with Crippen LogP contribution in [0.4, 0.5) is 5.69 Å². The summed E-state index contributed by atoms with van der Waals surface area (Å²) in [6.07, 6.45) is 1.65. The van der Waals surface area contributed by atoms with E-state index in [9.17, 15) is 4.79 Å². The average molecular weight is 439 g/mol. The van der Waals surface area contributed by atoms with Crippen LogP contribution in [0.1, 0.15) is 28.1 Å². The van der Waals surface area contributed by atoms with Crippen molar-refractivity contribution in [3.8, 4) is 11.4 Å². The van der Waals surface area contributed by atoms with E-state index in [1.54, 1.807) is 13.3 Å². The molecule has 0 bridgehead atoms. The van der Waals surface area contributed by atoms with E-state index < -0.39 is 0 Å². The summed E-state index contributed by atoms with van der Waals surface area (Å²) in [5, 5.41) is 7.77. The van der Waals surface area contributed by atoms with Gasteiger partial charge in [0.15, 0.2) is 0 Å². The topological polar surface area (TPSA) is 67.6 Å². The van der Waals surface area contributed by atoms with Gasteiger partial charge in [0.05, 0.1) is 24.9 Å². The van der Waals surface area contributed by atoms with Crippen LogP contribution in [0, 0.1) is 27.7 Å². The minimum absolute atomic E-state index is 0.142. The molecule has 0 radical (unpaired) electrons. The van der Waals surface area contributed by atoms with Gasteiger partial charge >= 0.3 is 0 Å². The van der Waals surface area contributed by atoms with Gasteiger partial charge in [-0.1, -0.05) is 17.7 Å². The Morgan fingerprint density at radius 2 is 1.87 bits per heavy atom. The molecule has 31 heavy (non-hydrogen) atoms. The number of hydrogen-bond acceptors (Lipinski definition) is 4. The quantitative estimate of drug-likeness (QED) is 0.405. The number of halogens is 1. The van der Waals surface area contributed by atoms with Gasteiger partial charge in [-0.25, -0.2) is 5.43 Å². The molecule has 1 aromatic heterocycles. The number of carbonyl (C=O) groups excluding carboxylic acids is 1. The highest BCUT2D eigenvalue weighted by Gasteiger charge is 2.11. The summed E-state index contributed by atoms with van der Waals surface area (Å²) in [5.41, 5.74) is 9.73. The SMILES string of the molecule is COc1ccc(-n2c(C)cc(/C=N/NC(=O)CNc3ccc(C)c(C)c3)c2C)cc1Cl. The van der Waals surface area contributed by atoms with Crippen LogP contribution in [0.2, 0.25) is 5.02 Å². The van der Waals surface area contributed by atoms with Crippen LogP contribution in [0.15, 0.2) is 47.6 Å². The molecule has 0 saturated carbocycles. The van der Waals surface area contributed by atoms with E-state index in [0.717, 1.165) is 28.3 Å². The Morgan fingerprint density at radius 1 is 1.10 bits per heavy atom. The average Bonchev–Trinajstić information content (AvgIpc) is 3.02. The van der Waals surface area contributed by atoms with E-state index in [4.69, 9.17) is 16.3 Å². The van der Waals surface area contributed by atoms with Crippen molar-refractivity contribution in [3.05, 3.63) is 75.6 Å². The number of hydrogen-bond donors (Lipinski definition) is 2. The largest absolute Gasteiger partial charge is 0.495 e. The van der Waals surface area contributed by atoms with E-state index >= 15 is 0 Å². The minimum Gasteiger partial charge on any atom is -0.495 e. The molecule has 0 saturated heterocycles. The number of benzene rings is 2. The molecule has 0 aliphatic heterocycles. The molecule has 162 valence electrons. The lowest BCUT2D eigenvalue weighted by Crippen LogP contribution is -2.25. The predicted molar refractivity (Wildman–Crippen MR) is 127 cm³/mol. The van der Waals surface area contributed by atoms with Gasteiger partial charge < -0.3 is 14.6 Å². The maximum absolute atomic E-state index is 12.1. The van der Waals surface area contributed by atoms with Crippen molar-refractivity contribution >= 4 is 29.4 Å². The number of nitrogens with one attached hydrogen (secondary N) is 2. The molecule has 2 aromatic carbocycles. The second-order valence-electron chi connectivity index (χ2n) is 7.43. The van der Waals surface area contributed by atoms with Crippen LogP contribution in [-0.2, 0) is 4.79 Å². The summed E-state index contributed by atoms with van der Waals surface area (Å²) in [6.45, 7) is 8.25. The van der Waals surface area contributed by atoms with Crippen molar-refractivity contribution in [2.24, 2.45) is 5.10 Å². The molecule has 0 aliphatic rings. The molecule has 0 aliphatic carbocycles. The molecule has 0 spiro atoms. The standard InChI is InChI=1S/C24H27ClN4O2/c1-15-6-7-20(10-16(15)2)26-14-24(30)28-27-13-19-11-17(3)29(18(19)4)21-8-9-23(31-5)22(25)12-21/h6-13,26H,14H2,1-5H3,(H,28,30)/b27-13+. The number of rotatable bonds is 7. The van der Waals surface area contributed by atoms with Crippen molar-refractivity contribution in [2.45, 2.75) is 27.7 Å². The van der Waals surface area contributed by atoms with Crippen molar-refractivity contribution in [1.82, 2.24) is 9.99 Å². The van der Waals surface area contributed by atoms with Crippen molar-refractivity contribution in [2.75, 3.05) is 19.0 Å². The normalized spacial score (nSPS) is 11.0. The summed E-state index contributed by atoms with van der Waals surface area (Å²) in [5.74, 6) is 0.414. The first kappa shape index (κ1) is 22.4. The lowest BCUT2D eigenvalue weighted by molar-refractivity contribution is -0.119. The van der Waals surface area contributed by atoms with Gasteiger partial charge in [-0.2, -0.15) is 5.10 Å². The first-order valence-corrected chi connectivity index (χ1v) is 10.3. The van der Waals surface area contributed by atoms with E-state index in [2.05, 4.69) is 27.3 Å². The summed E-state index contributed by atoms with van der Waals surface area (Å²) in [4.78, 5) is 12.1. The molecule has 2 N–H and O–H groups in total. The summed E-state index contributed by atoms with van der Waals surface area (Å²) in [7, 11) is 1.59. The number of aromatic nitrogens is 1. The molecule has 3 aromatic rings. The lowest BCUT2D eigenvalue weighted by Gasteiger charge is -2.11. The molecular weight excluding hydrogens is 412 g/mol. The highest BCUT2D eigenvalue weighted by molar-refractivity contribution is 6.32. The van der Waals surface area contributed by atoms with Crippen LogP contribution >= 0.6 is 11.6 Å². The first-order chi connectivity index (χ1) is 14.8. The van der Waals surface area contributed by atoms with Gasteiger partial charge in [0, 0.05) is 28.3 Å². The molecule has 0 atom stereocenters. The van der Waals surface area contributed by atoms with E-state index in [1.165, 1.54) is 11.1 Å². The lowest BCUT2D eigenvalue weighted by atomic mass is 10.1. The van der Waals surface area contributed by atoms with Gasteiger partial charge in [0.2, 0.25) is 0 Å². The fourth-order valence-corrected chi connectivity index (χ4v) is 3.61. The number of anilines is 1. The van der Waals surface area contributed by atoms with Gasteiger partial charge in [0.1, 0.15) is 5.75 Å². The number of amides is 1. The van der Waals surface area contributed by atoms with Crippen LogP contribution in [0.5, 0.6) is 5.75 Å². The van der Waals surface area contributed by atoms with E-state index in [-0.39, 0.29) is 12.5 Å². The molecule has 6 nitrogen and oxygen atoms in total. The van der Waals surface area contributed by atoms with Gasteiger partial charge in [-0.05, 0) is 75.2 Å². The van der Waals surface area contributed by atoms with Gasteiger partial charge in [0.25, 0.3) is 5.91 Å². The Morgan fingerprint density at radius 3 is 2.55 bits per heavy atom. The number of carbonyl (C=O) groups is 1. The minimum atomic E-state index is -0.217. The zero-order valence-corrected chi connectivity index (χ0v) is 19.2. The van der Waals surface area contributed by atoms with Crippen LogP contribution in [0.25, 0.3) is 5.69 Å². The highest BCUT2D eigenvalue weighted by atomic mass is 35.5. The Hall–Kier alpha value is -3.25. The number of nitrogens with zero attached hydrogens (tertiary/aromatic N) is 2. The third-order valence-electron chi connectivity index (χ3n) is 5.22. The molecule has 0 fully saturated rings. The van der Waals surface area contributed by atoms with E-state index in [1.807, 2.05) is 63.2 Å². The number of aryl methyl sites for hydroxylation is 3. The Bertz CT molecular complexity index is 1130. The maximum Gasteiger partial charge on any atom is 0.259 e. The number of hydrazone groups is 1. The summed E-state index contributed by atoms with van der Waals surface area (Å²) < 4.78 is 7.31. The van der Waals surface area contributed by atoms with Crippen molar-refractivity contribution in [1.29, 1.82) is 0 Å².